The third-order valence-electron chi connectivity index (χ3n) is 5.53. The highest BCUT2D eigenvalue weighted by Crippen LogP contribution is 2.31. The lowest BCUT2D eigenvalue weighted by molar-refractivity contribution is -0.123. The minimum absolute atomic E-state index is 0.0208. The number of nitrogens with zero attached hydrogens (tertiary/aromatic N) is 1. The van der Waals surface area contributed by atoms with Gasteiger partial charge in [0.05, 0.1) is 7.11 Å². The first-order valence-corrected chi connectivity index (χ1v) is 9.64. The van der Waals surface area contributed by atoms with Crippen molar-refractivity contribution >= 4 is 11.7 Å². The van der Waals surface area contributed by atoms with E-state index in [0.29, 0.717) is 23.6 Å². The summed E-state index contributed by atoms with van der Waals surface area (Å²) in [7, 11) is 5.70. The normalized spacial score (nSPS) is 16.5. The summed E-state index contributed by atoms with van der Waals surface area (Å²) in [5.74, 6) is 0.701. The first kappa shape index (κ1) is 21.2. The molecule has 0 bridgehead atoms. The molecule has 27 heavy (non-hydrogen) atoms. The van der Waals surface area contributed by atoms with E-state index in [0.717, 1.165) is 12.8 Å². The van der Waals surface area contributed by atoms with Gasteiger partial charge < -0.3 is 19.7 Å². The molecule has 0 atom stereocenters. The second kappa shape index (κ2) is 9.74. The van der Waals surface area contributed by atoms with Crippen molar-refractivity contribution in [2.45, 2.75) is 51.0 Å². The first-order chi connectivity index (χ1) is 12.9. The number of benzene rings is 1. The molecule has 6 nitrogen and oxygen atoms in total. The summed E-state index contributed by atoms with van der Waals surface area (Å²) in [4.78, 5) is 26.1. The number of hydrogen-bond acceptors (Lipinski definition) is 5. The topological polar surface area (TPSA) is 67.9 Å². The van der Waals surface area contributed by atoms with Crippen LogP contribution in [0.3, 0.4) is 0 Å². The Bertz CT molecular complexity index is 650. The van der Waals surface area contributed by atoms with Gasteiger partial charge in [0, 0.05) is 17.6 Å². The summed E-state index contributed by atoms with van der Waals surface area (Å²) in [6.07, 6.45) is 7.13. The number of ether oxygens (including phenoxy) is 2. The fourth-order valence-corrected chi connectivity index (χ4v) is 3.63. The maximum atomic E-state index is 12.3. The molecule has 1 fully saturated rings. The zero-order valence-electron chi connectivity index (χ0n) is 17.0. The number of Topliss-reactive ketones (excluding diaryl/α,β-unsaturated/α-hetero) is 1. The fourth-order valence-electron chi connectivity index (χ4n) is 3.63. The Labute approximate surface area is 162 Å². The van der Waals surface area contributed by atoms with Crippen molar-refractivity contribution in [3.63, 3.8) is 0 Å². The average molecular weight is 376 g/mol. The number of methoxy groups -OCH3 is 1. The minimum atomic E-state index is -0.154. The van der Waals surface area contributed by atoms with Gasteiger partial charge in [-0.25, -0.2) is 0 Å². The van der Waals surface area contributed by atoms with Gasteiger partial charge in [-0.15, -0.1) is 0 Å². The van der Waals surface area contributed by atoms with Crippen molar-refractivity contribution < 1.29 is 19.1 Å². The Balaban J connectivity index is 1.93. The molecule has 1 aliphatic carbocycles. The highest BCUT2D eigenvalue weighted by molar-refractivity contribution is 5.94. The molecular weight excluding hydrogens is 344 g/mol. The largest absolute Gasteiger partial charge is 0.493 e. The minimum Gasteiger partial charge on any atom is -0.493 e. The molecule has 0 heterocycles. The van der Waals surface area contributed by atoms with Crippen molar-refractivity contribution in [3.05, 3.63) is 23.8 Å². The van der Waals surface area contributed by atoms with Crippen LogP contribution in [0.25, 0.3) is 0 Å². The van der Waals surface area contributed by atoms with Gasteiger partial charge in [0.15, 0.2) is 23.9 Å². The number of nitrogens with one attached hydrogen (secondary N) is 1. The number of carbonyl (C=O) groups is 2. The third kappa shape index (κ3) is 5.70. The van der Waals surface area contributed by atoms with E-state index in [4.69, 9.17) is 9.47 Å². The monoisotopic (exact) mass is 376 g/mol. The van der Waals surface area contributed by atoms with Gasteiger partial charge in [0.25, 0.3) is 5.91 Å². The van der Waals surface area contributed by atoms with E-state index in [-0.39, 0.29) is 23.8 Å². The van der Waals surface area contributed by atoms with Crippen LogP contribution in [0.4, 0.5) is 0 Å². The SMILES string of the molecule is COc1cc(C(C)=O)ccc1OCC(=O)NCC1(N(C)C)CCCCCC1. The Morgan fingerprint density at radius 2 is 1.78 bits per heavy atom. The number of carbonyl (C=O) groups excluding carboxylic acids is 2. The quantitative estimate of drug-likeness (QED) is 0.558. The third-order valence-corrected chi connectivity index (χ3v) is 5.53. The van der Waals surface area contributed by atoms with Gasteiger partial charge in [0.2, 0.25) is 0 Å². The van der Waals surface area contributed by atoms with Crippen LogP contribution < -0.4 is 14.8 Å². The van der Waals surface area contributed by atoms with E-state index in [9.17, 15) is 9.59 Å². The van der Waals surface area contributed by atoms with E-state index in [1.807, 2.05) is 0 Å². The Morgan fingerprint density at radius 1 is 1.11 bits per heavy atom. The first-order valence-electron chi connectivity index (χ1n) is 9.64. The number of ketones is 1. The molecule has 6 heteroatoms. The second-order valence-electron chi connectivity index (χ2n) is 7.52. The molecule has 2 rings (SSSR count). The predicted molar refractivity (Wildman–Crippen MR) is 106 cm³/mol. The Morgan fingerprint density at radius 3 is 2.33 bits per heavy atom. The van der Waals surface area contributed by atoms with Crippen LogP contribution in [0.15, 0.2) is 18.2 Å². The standard InChI is InChI=1S/C21H32N2O4/c1-16(24)17-9-10-18(19(13-17)26-4)27-14-20(25)22-15-21(23(2)3)11-7-5-6-8-12-21/h9-10,13H,5-8,11-12,14-15H2,1-4H3,(H,22,25). The molecule has 0 spiro atoms. The number of likely N-dealkylation sites (N-methyl/N-ethyl adjacent to an activating group) is 1. The molecule has 0 unspecified atom stereocenters. The van der Waals surface area contributed by atoms with Crippen molar-refractivity contribution in [1.29, 1.82) is 0 Å². The number of hydrogen-bond donors (Lipinski definition) is 1. The summed E-state index contributed by atoms with van der Waals surface area (Å²) < 4.78 is 10.9. The molecule has 0 aliphatic heterocycles. The molecule has 1 aliphatic rings. The summed E-state index contributed by atoms with van der Waals surface area (Å²) in [6.45, 7) is 2.04. The zero-order chi connectivity index (χ0) is 19.9. The van der Waals surface area contributed by atoms with Crippen molar-refractivity contribution in [3.8, 4) is 11.5 Å². The van der Waals surface area contributed by atoms with Crippen LogP contribution >= 0.6 is 0 Å². The molecule has 1 amide bonds. The van der Waals surface area contributed by atoms with Gasteiger partial charge >= 0.3 is 0 Å². The lowest BCUT2D eigenvalue weighted by Crippen LogP contribution is -2.53. The molecule has 1 aromatic rings. The molecular formula is C21H32N2O4. The molecule has 1 aromatic carbocycles. The lowest BCUT2D eigenvalue weighted by Gasteiger charge is -2.39. The van der Waals surface area contributed by atoms with Crippen molar-refractivity contribution in [1.82, 2.24) is 10.2 Å². The summed E-state index contributed by atoms with van der Waals surface area (Å²) in [6, 6.07) is 4.96. The van der Waals surface area contributed by atoms with Crippen LogP contribution in [-0.2, 0) is 4.79 Å². The van der Waals surface area contributed by atoms with Gasteiger partial charge in [-0.05, 0) is 52.1 Å². The smallest absolute Gasteiger partial charge is 0.258 e. The molecule has 0 saturated heterocycles. The van der Waals surface area contributed by atoms with Gasteiger partial charge in [0.1, 0.15) is 0 Å². The van der Waals surface area contributed by atoms with Crippen LogP contribution in [0.2, 0.25) is 0 Å². The Kier molecular flexibility index (Phi) is 7.66. The van der Waals surface area contributed by atoms with E-state index in [1.165, 1.54) is 39.7 Å². The van der Waals surface area contributed by atoms with E-state index < -0.39 is 0 Å². The van der Waals surface area contributed by atoms with Crippen LogP contribution in [0.5, 0.6) is 11.5 Å². The average Bonchev–Trinajstić information content (AvgIpc) is 2.91. The zero-order valence-corrected chi connectivity index (χ0v) is 17.0. The summed E-state index contributed by atoms with van der Waals surface area (Å²) in [5, 5.41) is 3.04. The van der Waals surface area contributed by atoms with Crippen molar-refractivity contribution in [2.75, 3.05) is 34.4 Å². The molecule has 1 N–H and O–H groups in total. The highest BCUT2D eigenvalue weighted by Gasteiger charge is 2.33. The van der Waals surface area contributed by atoms with E-state index >= 15 is 0 Å². The molecule has 150 valence electrons. The number of rotatable bonds is 8. The van der Waals surface area contributed by atoms with Crippen LogP contribution in [0, 0.1) is 0 Å². The van der Waals surface area contributed by atoms with E-state index in [1.54, 1.807) is 18.2 Å². The molecule has 1 saturated carbocycles. The summed E-state index contributed by atoms with van der Waals surface area (Å²) >= 11 is 0. The van der Waals surface area contributed by atoms with Gasteiger partial charge in [-0.2, -0.15) is 0 Å². The highest BCUT2D eigenvalue weighted by atomic mass is 16.5. The second-order valence-corrected chi connectivity index (χ2v) is 7.52. The Hall–Kier alpha value is -2.08. The molecule has 0 aromatic heterocycles. The molecule has 0 radical (unpaired) electrons. The van der Waals surface area contributed by atoms with Gasteiger partial charge in [-0.1, -0.05) is 25.7 Å². The van der Waals surface area contributed by atoms with Crippen LogP contribution in [0.1, 0.15) is 55.8 Å². The lowest BCUT2D eigenvalue weighted by atomic mass is 9.88. The van der Waals surface area contributed by atoms with Crippen LogP contribution in [-0.4, -0.2) is 56.5 Å². The van der Waals surface area contributed by atoms with E-state index in [2.05, 4.69) is 24.3 Å². The maximum Gasteiger partial charge on any atom is 0.258 e. The van der Waals surface area contributed by atoms with Crippen molar-refractivity contribution in [2.24, 2.45) is 0 Å². The fraction of sp³-hybridized carbons (Fsp3) is 0.619. The summed E-state index contributed by atoms with van der Waals surface area (Å²) in [5.41, 5.74) is 0.567. The maximum absolute atomic E-state index is 12.3. The number of amides is 1. The van der Waals surface area contributed by atoms with Gasteiger partial charge in [-0.3, -0.25) is 9.59 Å². The predicted octanol–water partition coefficient (Wildman–Crippen LogP) is 3.05.